The molecule has 3 aromatic heterocycles. The van der Waals surface area contributed by atoms with Crippen LogP contribution in [-0.2, 0) is 6.54 Å². The third-order valence-electron chi connectivity index (χ3n) is 3.37. The van der Waals surface area contributed by atoms with Crippen LogP contribution in [0.4, 0.5) is 0 Å². The molecule has 22 heavy (non-hydrogen) atoms. The van der Waals surface area contributed by atoms with Crippen LogP contribution in [0.1, 0.15) is 5.76 Å². The van der Waals surface area contributed by atoms with E-state index in [4.69, 9.17) is 14.6 Å². The first kappa shape index (κ1) is 12.7. The van der Waals surface area contributed by atoms with Crippen molar-refractivity contribution in [3.8, 4) is 22.7 Å². The van der Waals surface area contributed by atoms with Gasteiger partial charge in [-0.3, -0.25) is 4.98 Å². The van der Waals surface area contributed by atoms with Gasteiger partial charge in [0.25, 0.3) is 5.89 Å². The predicted octanol–water partition coefficient (Wildman–Crippen LogP) is 2.80. The van der Waals surface area contributed by atoms with Gasteiger partial charge >= 0.3 is 0 Å². The van der Waals surface area contributed by atoms with Crippen LogP contribution < -0.4 is 5.73 Å². The maximum Gasteiger partial charge on any atom is 0.251 e. The standard InChI is InChI=1S/C16H11N4O2/c17-8-12-6-11-5-10(14-3-1-2-4-18-14)7-13(15(11)22-12)16-20-19-9-21-16/h1,3-7,9H,8,17H2. The van der Waals surface area contributed by atoms with Crippen molar-refractivity contribution in [3.63, 3.8) is 0 Å². The van der Waals surface area contributed by atoms with Gasteiger partial charge in [0.15, 0.2) is 0 Å². The van der Waals surface area contributed by atoms with Crippen LogP contribution in [0.2, 0.25) is 0 Å². The highest BCUT2D eigenvalue weighted by molar-refractivity contribution is 5.94. The molecule has 4 rings (SSSR count). The Morgan fingerprint density at radius 3 is 2.91 bits per heavy atom. The number of benzene rings is 1. The first-order chi connectivity index (χ1) is 10.8. The first-order valence-corrected chi connectivity index (χ1v) is 6.70. The molecule has 0 aliphatic heterocycles. The summed E-state index contributed by atoms with van der Waals surface area (Å²) in [5.41, 5.74) is 8.83. The van der Waals surface area contributed by atoms with E-state index in [0.29, 0.717) is 23.8 Å². The number of nitrogens with two attached hydrogens (primary N) is 1. The molecule has 0 amide bonds. The zero-order chi connectivity index (χ0) is 14.9. The van der Waals surface area contributed by atoms with E-state index in [2.05, 4.69) is 21.2 Å². The lowest BCUT2D eigenvalue weighted by Crippen LogP contribution is -1.92. The minimum Gasteiger partial charge on any atom is -0.459 e. The van der Waals surface area contributed by atoms with Crippen LogP contribution in [0.15, 0.2) is 51.8 Å². The third kappa shape index (κ3) is 2.06. The summed E-state index contributed by atoms with van der Waals surface area (Å²) in [5, 5.41) is 8.62. The Labute approximate surface area is 125 Å². The quantitative estimate of drug-likeness (QED) is 0.624. The Hall–Kier alpha value is -2.99. The van der Waals surface area contributed by atoms with Crippen molar-refractivity contribution >= 4 is 11.0 Å². The molecule has 0 bridgehead atoms. The maximum absolute atomic E-state index is 5.78. The number of hydrogen-bond donors (Lipinski definition) is 1. The molecule has 0 saturated carbocycles. The summed E-state index contributed by atoms with van der Waals surface area (Å²) in [6, 6.07) is 12.4. The Morgan fingerprint density at radius 1 is 1.23 bits per heavy atom. The second kappa shape index (κ2) is 5.09. The van der Waals surface area contributed by atoms with Gasteiger partial charge in [-0.1, -0.05) is 6.07 Å². The van der Waals surface area contributed by atoms with E-state index in [0.717, 1.165) is 22.2 Å². The minimum absolute atomic E-state index is 0.325. The van der Waals surface area contributed by atoms with Crippen molar-refractivity contribution < 1.29 is 8.83 Å². The van der Waals surface area contributed by atoms with E-state index < -0.39 is 0 Å². The lowest BCUT2D eigenvalue weighted by molar-refractivity contribution is 0.545. The van der Waals surface area contributed by atoms with Gasteiger partial charge in [0.05, 0.1) is 17.8 Å². The molecule has 0 saturated heterocycles. The Bertz CT molecular complexity index is 914. The number of furan rings is 1. The lowest BCUT2D eigenvalue weighted by atomic mass is 10.0. The van der Waals surface area contributed by atoms with E-state index in [1.54, 1.807) is 6.20 Å². The number of rotatable bonds is 3. The van der Waals surface area contributed by atoms with Crippen molar-refractivity contribution in [2.45, 2.75) is 6.54 Å². The van der Waals surface area contributed by atoms with Gasteiger partial charge in [-0.05, 0) is 24.3 Å². The van der Waals surface area contributed by atoms with Gasteiger partial charge in [-0.25, -0.2) is 0 Å². The molecule has 6 heteroatoms. The number of pyridine rings is 1. The van der Waals surface area contributed by atoms with Gasteiger partial charge in [0.1, 0.15) is 11.3 Å². The second-order valence-corrected chi connectivity index (χ2v) is 4.75. The van der Waals surface area contributed by atoms with Gasteiger partial charge < -0.3 is 14.6 Å². The van der Waals surface area contributed by atoms with Gasteiger partial charge in [0, 0.05) is 23.2 Å². The highest BCUT2D eigenvalue weighted by Crippen LogP contribution is 2.34. The normalized spacial score (nSPS) is 11.1. The Kier molecular flexibility index (Phi) is 2.94. The topological polar surface area (TPSA) is 91.0 Å². The largest absolute Gasteiger partial charge is 0.459 e. The first-order valence-electron chi connectivity index (χ1n) is 6.70. The van der Waals surface area contributed by atoms with Crippen LogP contribution in [-0.4, -0.2) is 15.2 Å². The smallest absolute Gasteiger partial charge is 0.251 e. The highest BCUT2D eigenvalue weighted by atomic mass is 16.4. The van der Waals surface area contributed by atoms with Gasteiger partial charge in [-0.2, -0.15) is 0 Å². The molecular weight excluding hydrogens is 280 g/mol. The number of nitrogens with zero attached hydrogens (tertiary/aromatic N) is 3. The monoisotopic (exact) mass is 291 g/mol. The average molecular weight is 291 g/mol. The SMILES string of the molecule is NCc1cc2cc(-c3cc[c]cn3)cc(-c3nnco3)c2o1. The minimum atomic E-state index is 0.325. The summed E-state index contributed by atoms with van der Waals surface area (Å²) in [5.74, 6) is 1.09. The molecule has 0 unspecified atom stereocenters. The van der Waals surface area contributed by atoms with E-state index in [1.165, 1.54) is 6.39 Å². The molecule has 0 aliphatic carbocycles. The van der Waals surface area contributed by atoms with Crippen LogP contribution >= 0.6 is 0 Å². The molecule has 0 aliphatic rings. The molecule has 107 valence electrons. The third-order valence-corrected chi connectivity index (χ3v) is 3.37. The second-order valence-electron chi connectivity index (χ2n) is 4.75. The molecule has 1 aromatic carbocycles. The van der Waals surface area contributed by atoms with Crippen molar-refractivity contribution in [2.24, 2.45) is 5.73 Å². The molecule has 0 spiro atoms. The van der Waals surface area contributed by atoms with Crippen molar-refractivity contribution in [3.05, 3.63) is 54.7 Å². The highest BCUT2D eigenvalue weighted by Gasteiger charge is 2.16. The summed E-state index contributed by atoms with van der Waals surface area (Å²) in [6.45, 7) is 0.325. The molecule has 4 aromatic rings. The predicted molar refractivity (Wildman–Crippen MR) is 79.5 cm³/mol. The molecule has 6 nitrogen and oxygen atoms in total. The Balaban J connectivity index is 2.00. The van der Waals surface area contributed by atoms with E-state index in [-0.39, 0.29) is 0 Å². The fourth-order valence-corrected chi connectivity index (χ4v) is 2.39. The van der Waals surface area contributed by atoms with E-state index >= 15 is 0 Å². The summed E-state index contributed by atoms with van der Waals surface area (Å²) >= 11 is 0. The summed E-state index contributed by atoms with van der Waals surface area (Å²) in [6.07, 6.45) is 2.92. The van der Waals surface area contributed by atoms with Crippen molar-refractivity contribution in [1.82, 2.24) is 15.2 Å². The average Bonchev–Trinajstić information content (AvgIpc) is 3.23. The molecule has 3 heterocycles. The molecule has 2 N–H and O–H groups in total. The van der Waals surface area contributed by atoms with E-state index in [9.17, 15) is 0 Å². The van der Waals surface area contributed by atoms with Crippen molar-refractivity contribution in [2.75, 3.05) is 0 Å². The van der Waals surface area contributed by atoms with Crippen LogP contribution in [0.3, 0.4) is 0 Å². The summed E-state index contributed by atoms with van der Waals surface area (Å²) in [7, 11) is 0. The van der Waals surface area contributed by atoms with E-state index in [1.807, 2.05) is 30.3 Å². The molecule has 0 fully saturated rings. The summed E-state index contributed by atoms with van der Waals surface area (Å²) in [4.78, 5) is 4.33. The van der Waals surface area contributed by atoms with Crippen LogP contribution in [0.5, 0.6) is 0 Å². The zero-order valence-electron chi connectivity index (χ0n) is 11.5. The summed E-state index contributed by atoms with van der Waals surface area (Å²) < 4.78 is 11.1. The fourth-order valence-electron chi connectivity index (χ4n) is 2.39. The van der Waals surface area contributed by atoms with Gasteiger partial charge in [-0.15, -0.1) is 10.2 Å². The maximum atomic E-state index is 5.78. The number of aromatic nitrogens is 3. The molecular formula is C16H11N4O2. The van der Waals surface area contributed by atoms with Crippen LogP contribution in [0.25, 0.3) is 33.7 Å². The lowest BCUT2D eigenvalue weighted by Gasteiger charge is -2.03. The van der Waals surface area contributed by atoms with Gasteiger partial charge in [0.2, 0.25) is 6.39 Å². The van der Waals surface area contributed by atoms with Crippen LogP contribution in [0, 0.1) is 6.07 Å². The Morgan fingerprint density at radius 2 is 2.18 bits per heavy atom. The number of hydrogen-bond acceptors (Lipinski definition) is 6. The molecule has 0 atom stereocenters. The van der Waals surface area contributed by atoms with Crippen molar-refractivity contribution in [1.29, 1.82) is 0 Å². The number of fused-ring (bicyclic) bond motifs is 1. The zero-order valence-corrected chi connectivity index (χ0v) is 11.5. The fraction of sp³-hybridized carbons (Fsp3) is 0.0625. The molecule has 1 radical (unpaired) electrons.